The van der Waals surface area contributed by atoms with E-state index in [1.807, 2.05) is 12.1 Å². The number of benzene rings is 1. The van der Waals surface area contributed by atoms with Crippen LogP contribution in [-0.4, -0.2) is 29.7 Å². The Hall–Kier alpha value is -0.580. The van der Waals surface area contributed by atoms with Gasteiger partial charge in [0.2, 0.25) is 0 Å². The van der Waals surface area contributed by atoms with Gasteiger partial charge in [-0.15, -0.1) is 0 Å². The zero-order valence-corrected chi connectivity index (χ0v) is 11.5. The third-order valence-corrected chi connectivity index (χ3v) is 4.07. The van der Waals surface area contributed by atoms with Crippen LogP contribution < -0.4 is 5.73 Å². The van der Waals surface area contributed by atoms with Crippen LogP contribution in [0.5, 0.6) is 0 Å². The minimum Gasteiger partial charge on any atom is -0.399 e. The molecule has 1 aromatic rings. The average molecular weight is 299 g/mol. The van der Waals surface area contributed by atoms with E-state index in [2.05, 4.69) is 26.9 Å². The Kier molecular flexibility index (Phi) is 4.42. The first kappa shape index (κ1) is 12.9. The minimum atomic E-state index is 0.305. The lowest BCUT2D eigenvalue weighted by atomic mass is 9.98. The number of hydrogen-bond donors (Lipinski definition) is 2. The van der Waals surface area contributed by atoms with Gasteiger partial charge >= 0.3 is 0 Å². The number of aliphatic hydroxyl groups is 1. The van der Waals surface area contributed by atoms with Crippen molar-refractivity contribution in [3.8, 4) is 0 Å². The number of nitrogens with two attached hydrogens (primary N) is 1. The molecule has 1 unspecified atom stereocenters. The van der Waals surface area contributed by atoms with Gasteiger partial charge in [0, 0.05) is 29.9 Å². The molecule has 2 rings (SSSR count). The summed E-state index contributed by atoms with van der Waals surface area (Å²) in [6, 6.07) is 5.96. The smallest absolute Gasteiger partial charge is 0.0471 e. The molecule has 0 saturated carbocycles. The molecule has 0 bridgehead atoms. The molecule has 3 nitrogen and oxygen atoms in total. The molecule has 0 aromatic heterocycles. The van der Waals surface area contributed by atoms with Crippen molar-refractivity contribution in [2.75, 3.05) is 25.4 Å². The number of nitrogens with zero attached hydrogens (tertiary/aromatic N) is 1. The maximum absolute atomic E-state index is 9.21. The van der Waals surface area contributed by atoms with Gasteiger partial charge in [-0.1, -0.05) is 22.0 Å². The van der Waals surface area contributed by atoms with Gasteiger partial charge in [-0.25, -0.2) is 0 Å². The van der Waals surface area contributed by atoms with Gasteiger partial charge in [-0.3, -0.25) is 4.90 Å². The lowest BCUT2D eigenvalue weighted by Gasteiger charge is -2.32. The summed E-state index contributed by atoms with van der Waals surface area (Å²) in [4.78, 5) is 2.40. The van der Waals surface area contributed by atoms with Crippen LogP contribution in [0.2, 0.25) is 0 Å². The summed E-state index contributed by atoms with van der Waals surface area (Å²) >= 11 is 3.55. The van der Waals surface area contributed by atoms with Crippen LogP contribution in [0.15, 0.2) is 22.7 Å². The molecule has 1 fully saturated rings. The van der Waals surface area contributed by atoms with Crippen molar-refractivity contribution in [1.29, 1.82) is 0 Å². The third kappa shape index (κ3) is 3.44. The van der Waals surface area contributed by atoms with E-state index in [4.69, 9.17) is 5.73 Å². The van der Waals surface area contributed by atoms with Gasteiger partial charge in [0.15, 0.2) is 0 Å². The second kappa shape index (κ2) is 5.85. The summed E-state index contributed by atoms with van der Waals surface area (Å²) in [5.74, 6) is 0.441. The zero-order chi connectivity index (χ0) is 12.3. The number of rotatable bonds is 3. The summed E-state index contributed by atoms with van der Waals surface area (Å²) < 4.78 is 1.07. The van der Waals surface area contributed by atoms with E-state index >= 15 is 0 Å². The van der Waals surface area contributed by atoms with Crippen molar-refractivity contribution in [2.24, 2.45) is 5.92 Å². The SMILES string of the molecule is Nc1ccc(CN2CCCC(CO)C2)c(Br)c1. The largest absolute Gasteiger partial charge is 0.399 e. The Bertz CT molecular complexity index is 384. The highest BCUT2D eigenvalue weighted by Gasteiger charge is 2.19. The van der Waals surface area contributed by atoms with Crippen LogP contribution in [0.1, 0.15) is 18.4 Å². The maximum Gasteiger partial charge on any atom is 0.0471 e. The average Bonchev–Trinajstić information content (AvgIpc) is 2.33. The van der Waals surface area contributed by atoms with E-state index in [-0.39, 0.29) is 0 Å². The van der Waals surface area contributed by atoms with Crippen LogP contribution in [-0.2, 0) is 6.54 Å². The Labute approximate surface area is 111 Å². The fourth-order valence-corrected chi connectivity index (χ4v) is 2.90. The maximum atomic E-state index is 9.21. The fourth-order valence-electron chi connectivity index (χ4n) is 2.38. The van der Waals surface area contributed by atoms with Gasteiger partial charge in [-0.2, -0.15) is 0 Å². The van der Waals surface area contributed by atoms with Gasteiger partial charge in [0.1, 0.15) is 0 Å². The molecule has 0 aliphatic carbocycles. The van der Waals surface area contributed by atoms with Crippen molar-refractivity contribution in [3.05, 3.63) is 28.2 Å². The molecule has 1 heterocycles. The minimum absolute atomic E-state index is 0.305. The highest BCUT2D eigenvalue weighted by molar-refractivity contribution is 9.10. The van der Waals surface area contributed by atoms with Crippen LogP contribution in [0.25, 0.3) is 0 Å². The number of halogens is 1. The van der Waals surface area contributed by atoms with Gasteiger partial charge in [0.05, 0.1) is 0 Å². The second-order valence-corrected chi connectivity index (χ2v) is 5.63. The number of likely N-dealkylation sites (tertiary alicyclic amines) is 1. The lowest BCUT2D eigenvalue weighted by Crippen LogP contribution is -2.36. The molecule has 1 saturated heterocycles. The summed E-state index contributed by atoms with van der Waals surface area (Å²) in [5.41, 5.74) is 7.77. The number of piperidine rings is 1. The molecule has 4 heteroatoms. The van der Waals surface area contributed by atoms with Crippen LogP contribution >= 0.6 is 15.9 Å². The summed E-state index contributed by atoms with van der Waals surface area (Å²) in [6.07, 6.45) is 2.33. The summed E-state index contributed by atoms with van der Waals surface area (Å²) in [6.45, 7) is 3.34. The molecule has 0 amide bonds. The topological polar surface area (TPSA) is 49.5 Å². The van der Waals surface area contributed by atoms with Crippen LogP contribution in [0.4, 0.5) is 5.69 Å². The van der Waals surface area contributed by atoms with Crippen LogP contribution in [0.3, 0.4) is 0 Å². The van der Waals surface area contributed by atoms with Crippen molar-refractivity contribution in [3.63, 3.8) is 0 Å². The Morgan fingerprint density at radius 1 is 1.47 bits per heavy atom. The van der Waals surface area contributed by atoms with E-state index in [9.17, 15) is 5.11 Å². The number of aliphatic hydroxyl groups excluding tert-OH is 1. The Morgan fingerprint density at radius 2 is 2.29 bits per heavy atom. The molecule has 1 atom stereocenters. The molecule has 94 valence electrons. The molecule has 1 aliphatic rings. The third-order valence-electron chi connectivity index (χ3n) is 3.33. The number of anilines is 1. The zero-order valence-electron chi connectivity index (χ0n) is 9.90. The highest BCUT2D eigenvalue weighted by atomic mass is 79.9. The number of hydrogen-bond acceptors (Lipinski definition) is 3. The van der Waals surface area contributed by atoms with E-state index in [1.54, 1.807) is 0 Å². The van der Waals surface area contributed by atoms with Crippen LogP contribution in [0, 0.1) is 5.92 Å². The first-order valence-corrected chi connectivity index (χ1v) is 6.85. The first-order valence-electron chi connectivity index (χ1n) is 6.06. The quantitative estimate of drug-likeness (QED) is 0.842. The molecule has 1 aromatic carbocycles. The molecule has 1 aliphatic heterocycles. The van der Waals surface area contributed by atoms with Crippen molar-refractivity contribution in [2.45, 2.75) is 19.4 Å². The van der Waals surface area contributed by atoms with Crippen molar-refractivity contribution in [1.82, 2.24) is 4.90 Å². The standard InChI is InChI=1S/C13H19BrN2O/c14-13-6-12(15)4-3-11(13)8-16-5-1-2-10(7-16)9-17/h3-4,6,10,17H,1-2,5,7-9,15H2. The molecule has 0 spiro atoms. The molecular formula is C13H19BrN2O. The molecule has 0 radical (unpaired) electrons. The normalized spacial score (nSPS) is 21.6. The summed E-state index contributed by atoms with van der Waals surface area (Å²) in [7, 11) is 0. The molecular weight excluding hydrogens is 280 g/mol. The monoisotopic (exact) mass is 298 g/mol. The number of nitrogen functional groups attached to an aromatic ring is 1. The van der Waals surface area contributed by atoms with E-state index in [0.29, 0.717) is 12.5 Å². The van der Waals surface area contributed by atoms with E-state index < -0.39 is 0 Å². The van der Waals surface area contributed by atoms with Gasteiger partial charge in [-0.05, 0) is 43.0 Å². The van der Waals surface area contributed by atoms with Gasteiger partial charge in [0.25, 0.3) is 0 Å². The Morgan fingerprint density at radius 3 is 3.00 bits per heavy atom. The van der Waals surface area contributed by atoms with Gasteiger partial charge < -0.3 is 10.8 Å². The molecule has 3 N–H and O–H groups in total. The predicted octanol–water partition coefficient (Wildman–Crippen LogP) is 2.24. The molecule has 17 heavy (non-hydrogen) atoms. The van der Waals surface area contributed by atoms with Crippen molar-refractivity contribution >= 4 is 21.6 Å². The summed E-state index contributed by atoms with van der Waals surface area (Å²) in [5, 5.41) is 9.21. The van der Waals surface area contributed by atoms with Crippen molar-refractivity contribution < 1.29 is 5.11 Å². The fraction of sp³-hybridized carbons (Fsp3) is 0.538. The van der Waals surface area contributed by atoms with E-state index in [1.165, 1.54) is 12.0 Å². The predicted molar refractivity (Wildman–Crippen MR) is 73.6 cm³/mol. The second-order valence-electron chi connectivity index (χ2n) is 4.78. The Balaban J connectivity index is 2.00. The first-order chi connectivity index (χ1) is 8.19. The lowest BCUT2D eigenvalue weighted by molar-refractivity contribution is 0.116. The van der Waals surface area contributed by atoms with E-state index in [0.717, 1.165) is 36.2 Å². The highest BCUT2D eigenvalue weighted by Crippen LogP contribution is 2.24.